The second-order valence-corrected chi connectivity index (χ2v) is 6.74. The first-order chi connectivity index (χ1) is 12.6. The molecule has 26 heavy (non-hydrogen) atoms. The van der Waals surface area contributed by atoms with Gasteiger partial charge in [-0.1, -0.05) is 12.1 Å². The van der Waals surface area contributed by atoms with Crippen molar-refractivity contribution >= 4 is 11.6 Å². The van der Waals surface area contributed by atoms with Crippen LogP contribution in [0.5, 0.6) is 11.5 Å². The molecule has 2 aromatic rings. The Bertz CT molecular complexity index is 789. The van der Waals surface area contributed by atoms with Gasteiger partial charge in [0.2, 0.25) is 5.91 Å². The molecule has 1 aliphatic carbocycles. The predicted octanol–water partition coefficient (Wildman–Crippen LogP) is 3.26. The summed E-state index contributed by atoms with van der Waals surface area (Å²) in [5.41, 5.74) is 4.66. The van der Waals surface area contributed by atoms with Crippen molar-refractivity contribution in [3.63, 3.8) is 0 Å². The van der Waals surface area contributed by atoms with Crippen LogP contribution >= 0.6 is 0 Å². The van der Waals surface area contributed by atoms with Crippen molar-refractivity contribution < 1.29 is 14.3 Å². The summed E-state index contributed by atoms with van der Waals surface area (Å²) in [7, 11) is 5.19. The molecule has 0 saturated carbocycles. The molecule has 0 unspecified atom stereocenters. The second kappa shape index (κ2) is 8.23. The largest absolute Gasteiger partial charge is 0.497 e. The molecule has 0 radical (unpaired) electrons. The standard InChI is InChI=1S/C21H26N2O3/c1-23(13-17-8-10-19(25-2)12-20(17)26-3)14-21(24)22-18-9-7-15-5-4-6-16(15)11-18/h7-12H,4-6,13-14H2,1-3H3,(H,22,24). The van der Waals surface area contributed by atoms with Gasteiger partial charge in [-0.3, -0.25) is 9.69 Å². The van der Waals surface area contributed by atoms with Crippen LogP contribution in [0.4, 0.5) is 5.69 Å². The summed E-state index contributed by atoms with van der Waals surface area (Å²) in [4.78, 5) is 14.3. The van der Waals surface area contributed by atoms with Gasteiger partial charge in [0.25, 0.3) is 0 Å². The lowest BCUT2D eigenvalue weighted by Crippen LogP contribution is -2.30. The SMILES string of the molecule is COc1ccc(CN(C)CC(=O)Nc2ccc3c(c2)CCC3)c(OC)c1. The number of rotatable bonds is 7. The first-order valence-corrected chi connectivity index (χ1v) is 8.90. The fourth-order valence-electron chi connectivity index (χ4n) is 3.42. The van der Waals surface area contributed by atoms with Gasteiger partial charge < -0.3 is 14.8 Å². The molecule has 5 heteroatoms. The van der Waals surface area contributed by atoms with E-state index in [-0.39, 0.29) is 5.91 Å². The van der Waals surface area contributed by atoms with Crippen LogP contribution in [0.15, 0.2) is 36.4 Å². The van der Waals surface area contributed by atoms with E-state index in [1.54, 1.807) is 14.2 Å². The lowest BCUT2D eigenvalue weighted by Gasteiger charge is -2.18. The summed E-state index contributed by atoms with van der Waals surface area (Å²) in [6.07, 6.45) is 3.46. The van der Waals surface area contributed by atoms with Gasteiger partial charge in [-0.2, -0.15) is 0 Å². The van der Waals surface area contributed by atoms with Crippen LogP contribution in [0.1, 0.15) is 23.1 Å². The number of nitrogens with zero attached hydrogens (tertiary/aromatic N) is 1. The van der Waals surface area contributed by atoms with Crippen molar-refractivity contribution in [3.05, 3.63) is 53.1 Å². The van der Waals surface area contributed by atoms with Crippen LogP contribution in [0.2, 0.25) is 0 Å². The minimum Gasteiger partial charge on any atom is -0.497 e. The molecule has 0 saturated heterocycles. The third-order valence-corrected chi connectivity index (χ3v) is 4.73. The van der Waals surface area contributed by atoms with Crippen molar-refractivity contribution in [2.24, 2.45) is 0 Å². The van der Waals surface area contributed by atoms with Crippen LogP contribution < -0.4 is 14.8 Å². The fraction of sp³-hybridized carbons (Fsp3) is 0.381. The highest BCUT2D eigenvalue weighted by Gasteiger charge is 2.14. The van der Waals surface area contributed by atoms with E-state index < -0.39 is 0 Å². The molecule has 1 aliphatic rings. The van der Waals surface area contributed by atoms with Crippen LogP contribution in [0.25, 0.3) is 0 Å². The van der Waals surface area contributed by atoms with Gasteiger partial charge in [-0.15, -0.1) is 0 Å². The van der Waals surface area contributed by atoms with Gasteiger partial charge in [0.1, 0.15) is 11.5 Å². The summed E-state index contributed by atoms with van der Waals surface area (Å²) < 4.78 is 10.6. The number of ether oxygens (including phenoxy) is 2. The maximum atomic E-state index is 12.4. The topological polar surface area (TPSA) is 50.8 Å². The fourth-order valence-corrected chi connectivity index (χ4v) is 3.42. The quantitative estimate of drug-likeness (QED) is 0.829. The van der Waals surface area contributed by atoms with Gasteiger partial charge in [0.05, 0.1) is 20.8 Å². The molecule has 0 bridgehead atoms. The molecular weight excluding hydrogens is 328 g/mol. The van der Waals surface area contributed by atoms with Gasteiger partial charge in [-0.05, 0) is 55.6 Å². The van der Waals surface area contributed by atoms with E-state index in [1.807, 2.05) is 36.2 Å². The molecule has 0 aliphatic heterocycles. The Balaban J connectivity index is 1.57. The lowest BCUT2D eigenvalue weighted by atomic mass is 10.1. The zero-order valence-electron chi connectivity index (χ0n) is 15.7. The molecule has 0 aromatic heterocycles. The van der Waals surface area contributed by atoms with E-state index in [0.29, 0.717) is 13.1 Å². The Morgan fingerprint density at radius 3 is 2.65 bits per heavy atom. The van der Waals surface area contributed by atoms with E-state index in [9.17, 15) is 4.79 Å². The zero-order valence-corrected chi connectivity index (χ0v) is 15.7. The predicted molar refractivity (Wildman–Crippen MR) is 103 cm³/mol. The Kier molecular flexibility index (Phi) is 5.78. The Morgan fingerprint density at radius 2 is 1.88 bits per heavy atom. The molecule has 1 amide bonds. The number of methoxy groups -OCH3 is 2. The van der Waals surface area contributed by atoms with Gasteiger partial charge in [-0.25, -0.2) is 0 Å². The summed E-state index contributed by atoms with van der Waals surface area (Å²) in [5.74, 6) is 1.50. The molecule has 0 heterocycles. The van der Waals surface area contributed by atoms with Crippen molar-refractivity contribution in [2.75, 3.05) is 33.1 Å². The second-order valence-electron chi connectivity index (χ2n) is 6.74. The number of fused-ring (bicyclic) bond motifs is 1. The molecule has 0 spiro atoms. The highest BCUT2D eigenvalue weighted by atomic mass is 16.5. The molecular formula is C21H26N2O3. The molecule has 0 atom stereocenters. The highest BCUT2D eigenvalue weighted by Crippen LogP contribution is 2.26. The zero-order chi connectivity index (χ0) is 18.5. The molecule has 0 fully saturated rings. The van der Waals surface area contributed by atoms with Crippen LogP contribution in [-0.2, 0) is 24.2 Å². The number of aryl methyl sites for hydroxylation is 2. The Hall–Kier alpha value is -2.53. The van der Waals surface area contributed by atoms with Crippen LogP contribution in [0, 0.1) is 0 Å². The number of hydrogen-bond acceptors (Lipinski definition) is 4. The van der Waals surface area contributed by atoms with Gasteiger partial charge in [0, 0.05) is 23.9 Å². The van der Waals surface area contributed by atoms with Crippen molar-refractivity contribution in [1.29, 1.82) is 0 Å². The van der Waals surface area contributed by atoms with Crippen molar-refractivity contribution in [2.45, 2.75) is 25.8 Å². The van der Waals surface area contributed by atoms with E-state index in [4.69, 9.17) is 9.47 Å². The monoisotopic (exact) mass is 354 g/mol. The number of benzene rings is 2. The summed E-state index contributed by atoms with van der Waals surface area (Å²) in [6, 6.07) is 11.9. The number of likely N-dealkylation sites (N-methyl/N-ethyl adjacent to an activating group) is 1. The van der Waals surface area contributed by atoms with Crippen LogP contribution in [-0.4, -0.2) is 38.6 Å². The molecule has 5 nitrogen and oxygen atoms in total. The third kappa shape index (κ3) is 4.35. The number of carbonyl (C=O) groups excluding carboxylic acids is 1. The summed E-state index contributed by atoms with van der Waals surface area (Å²) >= 11 is 0. The number of anilines is 1. The maximum Gasteiger partial charge on any atom is 0.238 e. The number of carbonyl (C=O) groups is 1. The average molecular weight is 354 g/mol. The van der Waals surface area contributed by atoms with E-state index in [2.05, 4.69) is 17.4 Å². The van der Waals surface area contributed by atoms with Crippen molar-refractivity contribution in [1.82, 2.24) is 4.90 Å². The molecule has 2 aromatic carbocycles. The summed E-state index contributed by atoms with van der Waals surface area (Å²) in [6.45, 7) is 0.928. The van der Waals surface area contributed by atoms with E-state index >= 15 is 0 Å². The van der Waals surface area contributed by atoms with Gasteiger partial charge >= 0.3 is 0 Å². The van der Waals surface area contributed by atoms with Gasteiger partial charge in [0.15, 0.2) is 0 Å². The lowest BCUT2D eigenvalue weighted by molar-refractivity contribution is -0.117. The smallest absolute Gasteiger partial charge is 0.238 e. The molecule has 138 valence electrons. The van der Waals surface area contributed by atoms with E-state index in [0.717, 1.165) is 35.6 Å². The van der Waals surface area contributed by atoms with Crippen LogP contribution in [0.3, 0.4) is 0 Å². The molecule has 1 N–H and O–H groups in total. The minimum atomic E-state index is -0.0158. The number of amides is 1. The van der Waals surface area contributed by atoms with E-state index in [1.165, 1.54) is 17.5 Å². The Morgan fingerprint density at radius 1 is 1.08 bits per heavy atom. The maximum absolute atomic E-state index is 12.4. The van der Waals surface area contributed by atoms with Crippen molar-refractivity contribution in [3.8, 4) is 11.5 Å². The molecule has 3 rings (SSSR count). The number of hydrogen-bond donors (Lipinski definition) is 1. The minimum absolute atomic E-state index is 0.0158. The first-order valence-electron chi connectivity index (χ1n) is 8.90. The number of nitrogens with one attached hydrogen (secondary N) is 1. The Labute approximate surface area is 154 Å². The first kappa shape index (κ1) is 18.3. The summed E-state index contributed by atoms with van der Waals surface area (Å²) in [5, 5.41) is 3.00. The highest BCUT2D eigenvalue weighted by molar-refractivity contribution is 5.92. The average Bonchev–Trinajstić information content (AvgIpc) is 3.09. The third-order valence-electron chi connectivity index (χ3n) is 4.73. The normalized spacial score (nSPS) is 12.8.